The average molecular weight is 911 g/mol. The van der Waals surface area contributed by atoms with Crippen LogP contribution in [0.25, 0.3) is 0 Å². The van der Waals surface area contributed by atoms with Crippen LogP contribution >= 0.6 is 23.5 Å². The van der Waals surface area contributed by atoms with Gasteiger partial charge < -0.3 is 15.9 Å². The highest BCUT2D eigenvalue weighted by Gasteiger charge is 2.42. The van der Waals surface area contributed by atoms with E-state index in [0.29, 0.717) is 30.7 Å². The molecule has 0 aromatic carbocycles. The third-order valence-electron chi connectivity index (χ3n) is 9.21. The van der Waals surface area contributed by atoms with E-state index in [4.69, 9.17) is 28.6 Å². The van der Waals surface area contributed by atoms with E-state index in [1.54, 1.807) is 0 Å². The van der Waals surface area contributed by atoms with E-state index >= 15 is 0 Å². The SMILES string of the molecule is C#CCCCC(=O)NCCCCCCC.C#CCCCC(=O)ON1C(=O)CC(SCCCCCCC)C1=O.CCCCC.CCCCCCCSC1CC(=O)N(O)C1=O.CCN. The van der Waals surface area contributed by atoms with Gasteiger partial charge in [0.25, 0.3) is 23.6 Å². The van der Waals surface area contributed by atoms with Crippen LogP contribution in [0.4, 0.5) is 0 Å². The minimum Gasteiger partial charge on any atom is -0.356 e. The molecule has 2 fully saturated rings. The predicted molar refractivity (Wildman–Crippen MR) is 258 cm³/mol. The van der Waals surface area contributed by atoms with Gasteiger partial charge in [-0.2, -0.15) is 5.06 Å². The second-order valence-electron chi connectivity index (χ2n) is 15.1. The summed E-state index contributed by atoms with van der Waals surface area (Å²) in [5.74, 6) is 4.45. The van der Waals surface area contributed by atoms with Crippen LogP contribution in [0.5, 0.6) is 0 Å². The average Bonchev–Trinajstić information content (AvgIpc) is 3.66. The van der Waals surface area contributed by atoms with Crippen LogP contribution in [0.1, 0.15) is 208 Å². The van der Waals surface area contributed by atoms with Crippen molar-refractivity contribution < 1.29 is 38.8 Å². The molecule has 2 atom stereocenters. The number of carbonyl (C=O) groups excluding carboxylic acids is 6. The molecule has 62 heavy (non-hydrogen) atoms. The van der Waals surface area contributed by atoms with Crippen molar-refractivity contribution in [3.8, 4) is 24.7 Å². The maximum Gasteiger partial charge on any atom is 0.333 e. The van der Waals surface area contributed by atoms with Crippen molar-refractivity contribution in [3.63, 3.8) is 0 Å². The van der Waals surface area contributed by atoms with Gasteiger partial charge in [-0.3, -0.25) is 29.2 Å². The fourth-order valence-corrected chi connectivity index (χ4v) is 7.94. The van der Waals surface area contributed by atoms with E-state index in [0.717, 1.165) is 56.7 Å². The molecule has 2 aliphatic heterocycles. The summed E-state index contributed by atoms with van der Waals surface area (Å²) >= 11 is 2.96. The molecule has 0 aromatic rings. The Kier molecular flexibility index (Phi) is 48.4. The van der Waals surface area contributed by atoms with Crippen molar-refractivity contribution >= 4 is 59.0 Å². The Morgan fingerprint density at radius 2 is 1.06 bits per heavy atom. The molecular formula is C48H86N4O8S2. The number of terminal acetylenes is 2. The summed E-state index contributed by atoms with van der Waals surface area (Å²) in [5.41, 5.74) is 4.85. The zero-order chi connectivity index (χ0) is 47.2. The molecule has 2 aliphatic rings. The Labute approximate surface area is 385 Å². The largest absolute Gasteiger partial charge is 0.356 e. The van der Waals surface area contributed by atoms with Gasteiger partial charge in [-0.05, 0) is 50.2 Å². The van der Waals surface area contributed by atoms with Crippen LogP contribution in [0.2, 0.25) is 0 Å². The molecule has 0 radical (unpaired) electrons. The van der Waals surface area contributed by atoms with E-state index in [9.17, 15) is 28.8 Å². The fourth-order valence-electron chi connectivity index (χ4n) is 5.62. The van der Waals surface area contributed by atoms with E-state index < -0.39 is 34.8 Å². The van der Waals surface area contributed by atoms with Gasteiger partial charge in [-0.15, -0.1) is 53.3 Å². The van der Waals surface area contributed by atoms with Crippen molar-refractivity contribution in [2.24, 2.45) is 5.73 Å². The van der Waals surface area contributed by atoms with Gasteiger partial charge in [0.2, 0.25) is 5.91 Å². The summed E-state index contributed by atoms with van der Waals surface area (Å²) < 4.78 is 0. The van der Waals surface area contributed by atoms with Gasteiger partial charge in [-0.1, -0.05) is 138 Å². The summed E-state index contributed by atoms with van der Waals surface area (Å²) in [5, 5.41) is 12.1. The van der Waals surface area contributed by atoms with Crippen molar-refractivity contribution in [1.82, 2.24) is 15.4 Å². The lowest BCUT2D eigenvalue weighted by molar-refractivity contribution is -0.197. The molecular weight excluding hydrogens is 825 g/mol. The smallest absolute Gasteiger partial charge is 0.333 e. The molecule has 0 saturated carbocycles. The van der Waals surface area contributed by atoms with Gasteiger partial charge in [0.15, 0.2) is 0 Å². The number of carbonyl (C=O) groups is 6. The van der Waals surface area contributed by atoms with Gasteiger partial charge >= 0.3 is 5.97 Å². The van der Waals surface area contributed by atoms with Gasteiger partial charge in [0.05, 0.1) is 23.3 Å². The highest BCUT2D eigenvalue weighted by atomic mass is 32.2. The first-order valence-corrected chi connectivity index (χ1v) is 25.7. The highest BCUT2D eigenvalue weighted by molar-refractivity contribution is 8.00. The molecule has 0 aliphatic carbocycles. The summed E-state index contributed by atoms with van der Waals surface area (Å²) in [6.07, 6.45) is 35.6. The molecule has 2 unspecified atom stereocenters. The summed E-state index contributed by atoms with van der Waals surface area (Å²) in [6.45, 7) is 14.4. The zero-order valence-electron chi connectivity index (χ0n) is 39.6. The number of thioether (sulfide) groups is 2. The van der Waals surface area contributed by atoms with Crippen LogP contribution < -0.4 is 11.1 Å². The quantitative estimate of drug-likeness (QED) is 0.0282. The molecule has 14 heteroatoms. The lowest BCUT2D eigenvalue weighted by Gasteiger charge is -2.13. The van der Waals surface area contributed by atoms with Crippen molar-refractivity contribution in [1.29, 1.82) is 0 Å². The summed E-state index contributed by atoms with van der Waals surface area (Å²) in [4.78, 5) is 74.0. The van der Waals surface area contributed by atoms with E-state index in [-0.39, 0.29) is 35.5 Å². The molecule has 12 nitrogen and oxygen atoms in total. The van der Waals surface area contributed by atoms with Crippen molar-refractivity contribution in [2.75, 3.05) is 24.6 Å². The molecule has 2 heterocycles. The lowest BCUT2D eigenvalue weighted by atomic mass is 10.1. The Bertz CT molecular complexity index is 1250. The first-order valence-electron chi connectivity index (χ1n) is 23.6. The van der Waals surface area contributed by atoms with Crippen LogP contribution in [-0.2, 0) is 33.6 Å². The topological polar surface area (TPSA) is 176 Å². The standard InChI is InChI=1S/C17H25NO4S.C13H23NO.C11H19NO3S.C5H12.C2H7N/c1-3-5-7-8-10-12-23-14-13-15(19)18(17(14)21)22-16(20)11-9-6-4-2;1-3-5-7-8-10-12-14-13(15)11-9-6-4-2;1-2-3-4-5-6-7-16-9-8-10(13)12(15)11(9)14;1-3-5-4-2;1-2-3/h2,14H,3,5-13H2,1H3;2H,3,5-12H2,1H3,(H,14,15);9,15H,2-8H2,1H3;3-5H2,1-2H3;2-3H2,1H3. The normalized spacial score (nSPS) is 15.1. The van der Waals surface area contributed by atoms with Crippen LogP contribution in [-0.4, -0.2) is 85.9 Å². The number of imide groups is 2. The van der Waals surface area contributed by atoms with Crippen LogP contribution in [0.3, 0.4) is 0 Å². The maximum absolute atomic E-state index is 12.1. The van der Waals surface area contributed by atoms with Crippen molar-refractivity contribution in [2.45, 2.75) is 219 Å². The second-order valence-corrected chi connectivity index (χ2v) is 17.8. The first kappa shape index (κ1) is 63.2. The number of nitrogens with one attached hydrogen (secondary N) is 1. The number of unbranched alkanes of at least 4 members (excludes halogenated alkanes) is 16. The lowest BCUT2D eigenvalue weighted by Crippen LogP contribution is -2.34. The summed E-state index contributed by atoms with van der Waals surface area (Å²) in [6, 6.07) is 0. The molecule has 358 valence electrons. The number of hydroxylamine groups is 4. The number of hydrogen-bond donors (Lipinski definition) is 3. The number of nitrogens with zero attached hydrogens (tertiary/aromatic N) is 2. The molecule has 4 N–H and O–H groups in total. The molecule has 0 aromatic heterocycles. The predicted octanol–water partition coefficient (Wildman–Crippen LogP) is 10.3. The van der Waals surface area contributed by atoms with E-state index in [1.807, 2.05) is 6.92 Å². The van der Waals surface area contributed by atoms with Gasteiger partial charge in [0.1, 0.15) is 0 Å². The number of rotatable bonds is 29. The second kappa shape index (κ2) is 47.4. The zero-order valence-corrected chi connectivity index (χ0v) is 41.2. The van der Waals surface area contributed by atoms with Crippen molar-refractivity contribution in [3.05, 3.63) is 0 Å². The van der Waals surface area contributed by atoms with E-state index in [1.165, 1.54) is 113 Å². The number of hydrogen-bond acceptors (Lipinski definition) is 11. The van der Waals surface area contributed by atoms with Gasteiger partial charge in [0, 0.05) is 32.2 Å². The third kappa shape index (κ3) is 37.5. The maximum atomic E-state index is 12.1. The first-order chi connectivity index (χ1) is 29.9. The Morgan fingerprint density at radius 1 is 0.645 bits per heavy atom. The molecule has 0 bridgehead atoms. The summed E-state index contributed by atoms with van der Waals surface area (Å²) in [7, 11) is 0. The monoisotopic (exact) mass is 911 g/mol. The minimum absolute atomic E-state index is 0.107. The Hall–Kier alpha value is -3.04. The molecule has 2 saturated heterocycles. The molecule has 2 rings (SSSR count). The molecule has 5 amide bonds. The number of nitrogens with two attached hydrogens (primary N) is 1. The minimum atomic E-state index is -0.591. The third-order valence-corrected chi connectivity index (χ3v) is 11.8. The Balaban J connectivity index is -0.000000790. The van der Waals surface area contributed by atoms with Gasteiger partial charge in [-0.25, -0.2) is 4.79 Å². The number of amides is 5. The van der Waals surface area contributed by atoms with Crippen LogP contribution in [0.15, 0.2) is 0 Å². The van der Waals surface area contributed by atoms with E-state index in [2.05, 4.69) is 51.8 Å². The highest BCUT2D eigenvalue weighted by Crippen LogP contribution is 2.27. The molecule has 0 spiro atoms. The van der Waals surface area contributed by atoms with Crippen LogP contribution in [0, 0.1) is 24.7 Å². The Morgan fingerprint density at radius 3 is 1.48 bits per heavy atom. The fraction of sp³-hybridized carbons (Fsp3) is 0.792.